The van der Waals surface area contributed by atoms with Crippen molar-refractivity contribution in [3.8, 4) is 34.1 Å². The first-order valence-electron chi connectivity index (χ1n) is 7.65. The van der Waals surface area contributed by atoms with Crippen molar-refractivity contribution in [1.29, 1.82) is 0 Å². The molecule has 0 fully saturated rings. The maximum atomic E-state index is 14.3. The Morgan fingerprint density at radius 3 is 1.93 bits per heavy atom. The van der Waals surface area contributed by atoms with E-state index in [2.05, 4.69) is 4.74 Å². The highest BCUT2D eigenvalue weighted by Crippen LogP contribution is 2.42. The van der Waals surface area contributed by atoms with Gasteiger partial charge in [0.1, 0.15) is 28.8 Å². The molecule has 0 amide bonds. The Morgan fingerprint density at radius 2 is 1.36 bits per heavy atom. The van der Waals surface area contributed by atoms with E-state index in [4.69, 9.17) is 0 Å². The lowest BCUT2D eigenvalue weighted by atomic mass is 10.0. The van der Waals surface area contributed by atoms with Gasteiger partial charge in [0.15, 0.2) is 11.6 Å². The molecule has 0 saturated carbocycles. The molecule has 0 unspecified atom stereocenters. The van der Waals surface area contributed by atoms with E-state index in [1.165, 1.54) is 0 Å². The molecule has 146 valence electrons. The molecule has 0 aliphatic rings. The Kier molecular flexibility index (Phi) is 4.76. The first-order chi connectivity index (χ1) is 13.1. The van der Waals surface area contributed by atoms with Crippen LogP contribution in [0.4, 0.5) is 22.0 Å². The minimum absolute atomic E-state index is 0.153. The number of phenols is 3. The van der Waals surface area contributed by atoms with Crippen LogP contribution >= 0.6 is 0 Å². The highest BCUT2D eigenvalue weighted by molar-refractivity contribution is 5.77. The summed E-state index contributed by atoms with van der Waals surface area (Å²) in [5.41, 5.74) is -1.65. The maximum absolute atomic E-state index is 14.3. The van der Waals surface area contributed by atoms with Crippen LogP contribution in [-0.2, 0) is 6.11 Å². The summed E-state index contributed by atoms with van der Waals surface area (Å²) in [6.07, 6.45) is -4.23. The van der Waals surface area contributed by atoms with E-state index in [1.807, 2.05) is 0 Å². The number of rotatable bonds is 4. The number of hydrogen-bond acceptors (Lipinski definition) is 4. The SMILES string of the molecule is Oc1cc(O)c(-c2ccc(C(F)(F)Oc3ccc(F)c(F)c3)c(F)c2)c(O)c1. The second kappa shape index (κ2) is 6.91. The molecule has 0 radical (unpaired) electrons. The van der Waals surface area contributed by atoms with Gasteiger partial charge in [0.25, 0.3) is 0 Å². The minimum Gasteiger partial charge on any atom is -0.508 e. The summed E-state index contributed by atoms with van der Waals surface area (Å²) < 4.78 is 73.2. The zero-order valence-electron chi connectivity index (χ0n) is 13.8. The van der Waals surface area contributed by atoms with E-state index in [1.54, 1.807) is 0 Å². The van der Waals surface area contributed by atoms with Crippen LogP contribution in [0.3, 0.4) is 0 Å². The van der Waals surface area contributed by atoms with Crippen molar-refractivity contribution in [3.05, 3.63) is 71.5 Å². The number of benzene rings is 3. The van der Waals surface area contributed by atoms with Crippen molar-refractivity contribution in [3.63, 3.8) is 0 Å². The van der Waals surface area contributed by atoms with E-state index in [0.717, 1.165) is 24.3 Å². The molecule has 3 aromatic carbocycles. The van der Waals surface area contributed by atoms with Crippen LogP contribution in [0.15, 0.2) is 48.5 Å². The molecule has 0 heterocycles. The molecule has 0 aliphatic heterocycles. The largest absolute Gasteiger partial charge is 0.508 e. The highest BCUT2D eigenvalue weighted by atomic mass is 19.3. The van der Waals surface area contributed by atoms with Crippen molar-refractivity contribution in [2.45, 2.75) is 6.11 Å². The van der Waals surface area contributed by atoms with Gasteiger partial charge in [-0.2, -0.15) is 8.78 Å². The molecule has 0 saturated heterocycles. The van der Waals surface area contributed by atoms with Crippen LogP contribution in [0.5, 0.6) is 23.0 Å². The third-order valence-corrected chi connectivity index (χ3v) is 3.79. The van der Waals surface area contributed by atoms with Crippen LogP contribution in [0.1, 0.15) is 5.56 Å². The van der Waals surface area contributed by atoms with Crippen molar-refractivity contribution in [2.75, 3.05) is 0 Å². The summed E-state index contributed by atoms with van der Waals surface area (Å²) in [6, 6.07) is 5.72. The van der Waals surface area contributed by atoms with Crippen LogP contribution in [-0.4, -0.2) is 15.3 Å². The van der Waals surface area contributed by atoms with Crippen molar-refractivity contribution < 1.29 is 42.0 Å². The number of aromatic hydroxyl groups is 3. The molecule has 3 aromatic rings. The van der Waals surface area contributed by atoms with E-state index in [9.17, 15) is 37.3 Å². The molecule has 0 aromatic heterocycles. The van der Waals surface area contributed by atoms with Gasteiger partial charge in [-0.15, -0.1) is 0 Å². The summed E-state index contributed by atoms with van der Waals surface area (Å²) in [6.45, 7) is 0. The predicted octanol–water partition coefficient (Wildman–Crippen LogP) is 5.02. The van der Waals surface area contributed by atoms with Gasteiger partial charge in [-0.3, -0.25) is 0 Å². The van der Waals surface area contributed by atoms with Crippen molar-refractivity contribution >= 4 is 0 Å². The summed E-state index contributed by atoms with van der Waals surface area (Å²) in [5, 5.41) is 28.9. The summed E-state index contributed by atoms with van der Waals surface area (Å²) in [4.78, 5) is 0. The second-order valence-corrected chi connectivity index (χ2v) is 5.75. The molecular weight excluding hydrogens is 387 g/mol. The monoisotopic (exact) mass is 398 g/mol. The van der Waals surface area contributed by atoms with Gasteiger partial charge in [0, 0.05) is 18.2 Å². The Labute approximate surface area is 154 Å². The fourth-order valence-electron chi connectivity index (χ4n) is 2.54. The third-order valence-electron chi connectivity index (χ3n) is 3.79. The van der Waals surface area contributed by atoms with E-state index in [-0.39, 0.29) is 11.1 Å². The average Bonchev–Trinajstić information content (AvgIpc) is 2.57. The van der Waals surface area contributed by atoms with Gasteiger partial charge in [-0.1, -0.05) is 6.07 Å². The lowest BCUT2D eigenvalue weighted by molar-refractivity contribution is -0.187. The van der Waals surface area contributed by atoms with Crippen molar-refractivity contribution in [2.24, 2.45) is 0 Å². The molecular formula is C19H11F5O4. The molecule has 0 spiro atoms. The summed E-state index contributed by atoms with van der Waals surface area (Å²) in [5.74, 6) is -6.51. The second-order valence-electron chi connectivity index (χ2n) is 5.75. The average molecular weight is 398 g/mol. The van der Waals surface area contributed by atoms with Crippen molar-refractivity contribution in [1.82, 2.24) is 0 Å². The van der Waals surface area contributed by atoms with E-state index >= 15 is 0 Å². The number of halogens is 5. The lowest BCUT2D eigenvalue weighted by Crippen LogP contribution is -2.23. The normalized spacial score (nSPS) is 11.5. The zero-order chi connectivity index (χ0) is 20.6. The van der Waals surface area contributed by atoms with Crippen LogP contribution in [0.2, 0.25) is 0 Å². The standard InChI is InChI=1S/C19H11F5O4/c20-13-4-2-11(8-15(13)22)28-19(23,24)12-3-1-9(5-14(12)21)18-16(26)6-10(25)7-17(18)27/h1-8,25-27H. The molecule has 0 bridgehead atoms. The Morgan fingerprint density at radius 1 is 0.714 bits per heavy atom. The smallest absolute Gasteiger partial charge is 0.429 e. The highest BCUT2D eigenvalue weighted by Gasteiger charge is 2.38. The number of hydrogen-bond donors (Lipinski definition) is 3. The van der Waals surface area contributed by atoms with Gasteiger partial charge < -0.3 is 20.1 Å². The quantitative estimate of drug-likeness (QED) is 0.540. The van der Waals surface area contributed by atoms with E-state index < -0.39 is 52.1 Å². The Bertz CT molecular complexity index is 1030. The maximum Gasteiger partial charge on any atom is 0.429 e. The zero-order valence-corrected chi connectivity index (χ0v) is 13.8. The Balaban J connectivity index is 1.96. The number of alkyl halides is 2. The predicted molar refractivity (Wildman–Crippen MR) is 87.7 cm³/mol. The van der Waals surface area contributed by atoms with Gasteiger partial charge in [0.05, 0.1) is 11.1 Å². The van der Waals surface area contributed by atoms with E-state index in [0.29, 0.717) is 24.3 Å². The fourth-order valence-corrected chi connectivity index (χ4v) is 2.54. The summed E-state index contributed by atoms with van der Waals surface area (Å²) >= 11 is 0. The molecule has 3 rings (SSSR count). The first-order valence-corrected chi connectivity index (χ1v) is 7.65. The first kappa shape index (κ1) is 19.3. The van der Waals surface area contributed by atoms with Gasteiger partial charge in [-0.05, 0) is 29.8 Å². The topological polar surface area (TPSA) is 69.9 Å². The van der Waals surface area contributed by atoms with Gasteiger partial charge in [0.2, 0.25) is 0 Å². The number of phenolic OH excluding ortho intramolecular Hbond substituents is 3. The molecule has 4 nitrogen and oxygen atoms in total. The van der Waals surface area contributed by atoms with Gasteiger partial charge >= 0.3 is 6.11 Å². The molecule has 28 heavy (non-hydrogen) atoms. The Hall–Kier alpha value is -3.49. The number of ether oxygens (including phenoxy) is 1. The van der Waals surface area contributed by atoms with Crippen LogP contribution in [0, 0.1) is 17.5 Å². The molecule has 0 aliphatic carbocycles. The van der Waals surface area contributed by atoms with Crippen LogP contribution < -0.4 is 4.74 Å². The third kappa shape index (κ3) is 3.64. The van der Waals surface area contributed by atoms with Gasteiger partial charge in [-0.25, -0.2) is 13.2 Å². The molecule has 3 N–H and O–H groups in total. The minimum atomic E-state index is -4.23. The summed E-state index contributed by atoms with van der Waals surface area (Å²) in [7, 11) is 0. The molecule has 9 heteroatoms. The lowest BCUT2D eigenvalue weighted by Gasteiger charge is -2.19. The molecule has 0 atom stereocenters. The van der Waals surface area contributed by atoms with Crippen LogP contribution in [0.25, 0.3) is 11.1 Å². The fraction of sp³-hybridized carbons (Fsp3) is 0.0526.